The van der Waals surface area contributed by atoms with Crippen LogP contribution in [0.4, 0.5) is 0 Å². The number of rotatable bonds is 0. The molecule has 0 amide bonds. The lowest BCUT2D eigenvalue weighted by Crippen LogP contribution is -1.96. The molecule has 0 atom stereocenters. The van der Waals surface area contributed by atoms with E-state index in [1.807, 2.05) is 13.0 Å². The molecular weight excluding hydrogens is 208 g/mol. The fraction of sp³-hybridized carbons (Fsp3) is 0.111. The van der Waals surface area contributed by atoms with Crippen LogP contribution in [-0.4, -0.2) is 8.42 Å². The Balaban J connectivity index is 2.87. The van der Waals surface area contributed by atoms with Crippen molar-refractivity contribution in [1.82, 2.24) is 0 Å². The Hall–Kier alpha value is -0.800. The van der Waals surface area contributed by atoms with E-state index in [0.29, 0.717) is 10.5 Å². The summed E-state index contributed by atoms with van der Waals surface area (Å²) in [6.07, 6.45) is 1.50. The number of benzene rings is 1. The molecule has 0 saturated carbocycles. The van der Waals surface area contributed by atoms with Gasteiger partial charge < -0.3 is 0 Å². The van der Waals surface area contributed by atoms with Crippen LogP contribution < -0.4 is 0 Å². The van der Waals surface area contributed by atoms with Gasteiger partial charge in [0.1, 0.15) is 4.36 Å². The molecule has 0 saturated heterocycles. The number of hydrogen-bond acceptors (Lipinski definition) is 2. The molecule has 0 bridgehead atoms. The number of sulfone groups is 1. The first kappa shape index (κ1) is 8.78. The summed E-state index contributed by atoms with van der Waals surface area (Å²) in [7, 11) is -3.38. The topological polar surface area (TPSA) is 34.1 Å². The maximum Gasteiger partial charge on any atom is 0.217 e. The van der Waals surface area contributed by atoms with E-state index in [1.54, 1.807) is 12.1 Å². The van der Waals surface area contributed by atoms with Crippen LogP contribution in [0.2, 0.25) is 0 Å². The molecule has 2 nitrogen and oxygen atoms in total. The third-order valence-corrected chi connectivity index (χ3v) is 4.37. The molecular formula is C9H7ClO2S. The first-order valence-electron chi connectivity index (χ1n) is 3.75. The fourth-order valence-corrected chi connectivity index (χ4v) is 2.98. The molecule has 1 aromatic rings. The average Bonchev–Trinajstić information content (AvgIpc) is 2.28. The van der Waals surface area contributed by atoms with Gasteiger partial charge in [0, 0.05) is 0 Å². The Labute approximate surface area is 81.8 Å². The Morgan fingerprint density at radius 3 is 2.62 bits per heavy atom. The van der Waals surface area contributed by atoms with Crippen LogP contribution in [0.15, 0.2) is 27.5 Å². The van der Waals surface area contributed by atoms with Crippen LogP contribution in [0.1, 0.15) is 11.1 Å². The number of aryl methyl sites for hydroxylation is 1. The summed E-state index contributed by atoms with van der Waals surface area (Å²) in [4.78, 5) is 0.317. The van der Waals surface area contributed by atoms with Crippen LogP contribution >= 0.6 is 11.6 Å². The molecule has 13 heavy (non-hydrogen) atoms. The smallest absolute Gasteiger partial charge is 0.217 e. The lowest BCUT2D eigenvalue weighted by atomic mass is 10.1. The molecule has 1 heterocycles. The molecule has 0 fully saturated rings. The third-order valence-electron chi connectivity index (χ3n) is 2.09. The van der Waals surface area contributed by atoms with Gasteiger partial charge in [-0.1, -0.05) is 23.7 Å². The quantitative estimate of drug-likeness (QED) is 0.664. The highest BCUT2D eigenvalue weighted by atomic mass is 35.5. The maximum atomic E-state index is 11.5. The molecule has 0 aliphatic carbocycles. The predicted octanol–water partition coefficient (Wildman–Crippen LogP) is 2.32. The van der Waals surface area contributed by atoms with Gasteiger partial charge in [-0.05, 0) is 30.2 Å². The van der Waals surface area contributed by atoms with Gasteiger partial charge in [0.15, 0.2) is 0 Å². The Kier molecular flexibility index (Phi) is 1.75. The van der Waals surface area contributed by atoms with Crippen molar-refractivity contribution in [3.63, 3.8) is 0 Å². The summed E-state index contributed by atoms with van der Waals surface area (Å²) < 4.78 is 23.0. The third kappa shape index (κ3) is 1.11. The van der Waals surface area contributed by atoms with Crippen molar-refractivity contribution in [3.8, 4) is 0 Å². The van der Waals surface area contributed by atoms with Gasteiger partial charge in [-0.2, -0.15) is 0 Å². The van der Waals surface area contributed by atoms with E-state index in [-0.39, 0.29) is 4.36 Å². The van der Waals surface area contributed by atoms with Crippen molar-refractivity contribution in [2.24, 2.45) is 0 Å². The minimum absolute atomic E-state index is 0.0863. The lowest BCUT2D eigenvalue weighted by molar-refractivity contribution is 0.605. The van der Waals surface area contributed by atoms with Crippen LogP contribution in [-0.2, 0) is 9.84 Å². The molecule has 0 spiro atoms. The molecule has 68 valence electrons. The van der Waals surface area contributed by atoms with E-state index in [4.69, 9.17) is 11.6 Å². The highest BCUT2D eigenvalue weighted by molar-refractivity contribution is 7.97. The summed E-state index contributed by atoms with van der Waals surface area (Å²) in [6, 6.07) is 5.15. The molecule has 0 unspecified atom stereocenters. The highest BCUT2D eigenvalue weighted by Gasteiger charge is 2.28. The van der Waals surface area contributed by atoms with Crippen molar-refractivity contribution < 1.29 is 8.42 Å². The van der Waals surface area contributed by atoms with E-state index in [9.17, 15) is 8.42 Å². The minimum atomic E-state index is -3.38. The van der Waals surface area contributed by atoms with Crippen LogP contribution in [0.5, 0.6) is 0 Å². The van der Waals surface area contributed by atoms with Crippen molar-refractivity contribution in [2.75, 3.05) is 0 Å². The second kappa shape index (κ2) is 2.59. The summed E-state index contributed by atoms with van der Waals surface area (Å²) in [5.41, 5.74) is 1.64. The van der Waals surface area contributed by atoms with Gasteiger partial charge >= 0.3 is 0 Å². The Bertz CT molecular complexity index is 500. The molecule has 1 aromatic carbocycles. The van der Waals surface area contributed by atoms with Crippen molar-refractivity contribution in [1.29, 1.82) is 0 Å². The van der Waals surface area contributed by atoms with Crippen LogP contribution in [0.3, 0.4) is 0 Å². The molecule has 1 aliphatic heterocycles. The van der Waals surface area contributed by atoms with Crippen molar-refractivity contribution >= 4 is 27.5 Å². The van der Waals surface area contributed by atoms with Gasteiger partial charge in [-0.15, -0.1) is 0 Å². The van der Waals surface area contributed by atoms with Crippen LogP contribution in [0.25, 0.3) is 6.08 Å². The van der Waals surface area contributed by atoms with Crippen molar-refractivity contribution in [3.05, 3.63) is 33.7 Å². The molecule has 1 aliphatic rings. The van der Waals surface area contributed by atoms with Crippen molar-refractivity contribution in [2.45, 2.75) is 11.8 Å². The zero-order valence-electron chi connectivity index (χ0n) is 6.91. The van der Waals surface area contributed by atoms with E-state index in [0.717, 1.165) is 5.56 Å². The molecule has 2 rings (SSSR count). The van der Waals surface area contributed by atoms with E-state index >= 15 is 0 Å². The van der Waals surface area contributed by atoms with E-state index < -0.39 is 9.84 Å². The van der Waals surface area contributed by atoms with Crippen LogP contribution in [0, 0.1) is 6.92 Å². The average molecular weight is 215 g/mol. The Morgan fingerprint density at radius 1 is 1.31 bits per heavy atom. The Morgan fingerprint density at radius 2 is 2.00 bits per heavy atom. The number of fused-ring (bicyclic) bond motifs is 1. The maximum absolute atomic E-state index is 11.5. The van der Waals surface area contributed by atoms with Gasteiger partial charge in [0.25, 0.3) is 0 Å². The summed E-state index contributed by atoms with van der Waals surface area (Å²) in [6.45, 7) is 1.86. The van der Waals surface area contributed by atoms with Gasteiger partial charge in [0.2, 0.25) is 9.84 Å². The zero-order chi connectivity index (χ0) is 9.64. The first-order valence-corrected chi connectivity index (χ1v) is 5.61. The normalized spacial score (nSPS) is 18.2. The summed E-state index contributed by atoms with van der Waals surface area (Å²) >= 11 is 5.61. The summed E-state index contributed by atoms with van der Waals surface area (Å²) in [5.74, 6) is 0. The molecule has 0 N–H and O–H groups in total. The number of hydrogen-bond donors (Lipinski definition) is 0. The molecule has 4 heteroatoms. The second-order valence-electron chi connectivity index (χ2n) is 2.94. The number of halogens is 1. The van der Waals surface area contributed by atoms with E-state index in [1.165, 1.54) is 6.08 Å². The lowest BCUT2D eigenvalue weighted by Gasteiger charge is -2.00. The standard InChI is InChI=1S/C9H7ClO2S/c1-6-3-2-4-8-7(6)5-9(10)13(8,11)12/h2-5H,1H3. The molecule has 0 aromatic heterocycles. The highest BCUT2D eigenvalue weighted by Crippen LogP contribution is 2.36. The van der Waals surface area contributed by atoms with Gasteiger partial charge in [-0.3, -0.25) is 0 Å². The monoisotopic (exact) mass is 214 g/mol. The zero-order valence-corrected chi connectivity index (χ0v) is 8.48. The summed E-state index contributed by atoms with van der Waals surface area (Å²) in [5, 5.41) is 0. The molecule has 0 radical (unpaired) electrons. The fourth-order valence-electron chi connectivity index (χ4n) is 1.37. The predicted molar refractivity (Wildman–Crippen MR) is 52.2 cm³/mol. The first-order chi connectivity index (χ1) is 6.03. The largest absolute Gasteiger partial charge is 0.218 e. The van der Waals surface area contributed by atoms with Gasteiger partial charge in [0.05, 0.1) is 4.90 Å². The van der Waals surface area contributed by atoms with Gasteiger partial charge in [-0.25, -0.2) is 8.42 Å². The minimum Gasteiger partial charge on any atom is -0.218 e. The second-order valence-corrected chi connectivity index (χ2v) is 5.46. The SMILES string of the molecule is Cc1cccc2c1C=C(Cl)S2(=O)=O. The van der Waals surface area contributed by atoms with E-state index in [2.05, 4.69) is 0 Å².